The van der Waals surface area contributed by atoms with E-state index in [-0.39, 0.29) is 17.1 Å². The second-order valence-electron chi connectivity index (χ2n) is 4.49. The Bertz CT molecular complexity index is 929. The molecule has 0 saturated carbocycles. The van der Waals surface area contributed by atoms with Crippen LogP contribution in [0.25, 0.3) is 5.65 Å². The average molecular weight is 304 g/mol. The van der Waals surface area contributed by atoms with E-state index in [0.29, 0.717) is 11.2 Å². The molecule has 0 spiro atoms. The predicted molar refractivity (Wildman–Crippen MR) is 78.5 cm³/mol. The van der Waals surface area contributed by atoms with Crippen molar-refractivity contribution in [2.75, 3.05) is 4.72 Å². The van der Waals surface area contributed by atoms with Crippen LogP contribution in [0.5, 0.6) is 0 Å². The molecule has 3 aromatic rings. The third kappa shape index (κ3) is 2.95. The SMILES string of the molecule is O=c1ccnc2cc(NS(=O)(=O)Cc3ccccc3)[nH]n12. The van der Waals surface area contributed by atoms with E-state index in [4.69, 9.17) is 0 Å². The van der Waals surface area contributed by atoms with Gasteiger partial charge in [0.05, 0.1) is 5.75 Å². The summed E-state index contributed by atoms with van der Waals surface area (Å²) >= 11 is 0. The number of hydrogen-bond donors (Lipinski definition) is 2. The fourth-order valence-corrected chi connectivity index (χ4v) is 3.11. The summed E-state index contributed by atoms with van der Waals surface area (Å²) in [5, 5.41) is 2.66. The van der Waals surface area contributed by atoms with Gasteiger partial charge in [-0.25, -0.2) is 13.4 Å². The smallest absolute Gasteiger partial charge is 0.272 e. The normalized spacial score (nSPS) is 11.6. The maximum Gasteiger partial charge on any atom is 0.272 e. The van der Waals surface area contributed by atoms with Gasteiger partial charge in [0.25, 0.3) is 5.56 Å². The van der Waals surface area contributed by atoms with Crippen LogP contribution in [0.1, 0.15) is 5.56 Å². The Balaban J connectivity index is 1.87. The molecule has 0 saturated heterocycles. The Labute approximate surface area is 120 Å². The van der Waals surface area contributed by atoms with Crippen LogP contribution in [0.2, 0.25) is 0 Å². The highest BCUT2D eigenvalue weighted by Crippen LogP contribution is 2.12. The molecule has 0 atom stereocenters. The first kappa shape index (κ1) is 13.4. The Hall–Kier alpha value is -2.61. The number of H-pyrrole nitrogens is 1. The third-order valence-corrected chi connectivity index (χ3v) is 4.09. The number of anilines is 1. The fraction of sp³-hybridized carbons (Fsp3) is 0.0769. The monoisotopic (exact) mass is 304 g/mol. The predicted octanol–water partition coefficient (Wildman–Crippen LogP) is 0.964. The molecule has 2 aromatic heterocycles. The molecule has 7 nitrogen and oxygen atoms in total. The first-order valence-electron chi connectivity index (χ1n) is 6.15. The number of hydrogen-bond acceptors (Lipinski definition) is 4. The molecule has 0 fully saturated rings. The minimum Gasteiger partial charge on any atom is -0.274 e. The van der Waals surface area contributed by atoms with E-state index in [1.54, 1.807) is 24.3 Å². The van der Waals surface area contributed by atoms with Gasteiger partial charge in [0.2, 0.25) is 10.0 Å². The van der Waals surface area contributed by atoms with E-state index in [9.17, 15) is 13.2 Å². The molecule has 0 unspecified atom stereocenters. The first-order chi connectivity index (χ1) is 10.0. The zero-order valence-electron chi connectivity index (χ0n) is 10.9. The van der Waals surface area contributed by atoms with Gasteiger partial charge in [0, 0.05) is 18.3 Å². The summed E-state index contributed by atoms with van der Waals surface area (Å²) < 4.78 is 27.8. The number of nitrogens with zero attached hydrogens (tertiary/aromatic N) is 2. The van der Waals surface area contributed by atoms with Gasteiger partial charge in [-0.2, -0.15) is 4.52 Å². The minimum atomic E-state index is -3.57. The third-order valence-electron chi connectivity index (χ3n) is 2.84. The van der Waals surface area contributed by atoms with Crippen molar-refractivity contribution < 1.29 is 8.42 Å². The second kappa shape index (κ2) is 5.06. The Kier molecular flexibility index (Phi) is 3.22. The van der Waals surface area contributed by atoms with Crippen molar-refractivity contribution in [3.05, 3.63) is 64.6 Å². The van der Waals surface area contributed by atoms with Gasteiger partial charge in [-0.3, -0.25) is 14.6 Å². The number of sulfonamides is 1. The number of nitrogens with one attached hydrogen (secondary N) is 2. The Morgan fingerprint density at radius 1 is 1.19 bits per heavy atom. The van der Waals surface area contributed by atoms with E-state index in [1.807, 2.05) is 6.07 Å². The number of aromatic nitrogens is 3. The molecule has 8 heteroatoms. The van der Waals surface area contributed by atoms with Gasteiger partial charge in [0.15, 0.2) is 5.65 Å². The Morgan fingerprint density at radius 2 is 1.95 bits per heavy atom. The van der Waals surface area contributed by atoms with Crippen molar-refractivity contribution in [1.29, 1.82) is 0 Å². The van der Waals surface area contributed by atoms with Crippen molar-refractivity contribution >= 4 is 21.5 Å². The van der Waals surface area contributed by atoms with Crippen LogP contribution in [0.4, 0.5) is 5.82 Å². The maximum atomic E-state index is 12.1. The molecular formula is C13H12N4O3S. The summed E-state index contributed by atoms with van der Waals surface area (Å²) in [6.45, 7) is 0. The lowest BCUT2D eigenvalue weighted by Gasteiger charge is -2.05. The van der Waals surface area contributed by atoms with E-state index in [2.05, 4.69) is 14.8 Å². The topological polar surface area (TPSA) is 96.3 Å². The average Bonchev–Trinajstić information content (AvgIpc) is 2.82. The van der Waals surface area contributed by atoms with Gasteiger partial charge in [-0.05, 0) is 5.56 Å². The van der Waals surface area contributed by atoms with Crippen LogP contribution in [0.3, 0.4) is 0 Å². The highest BCUT2D eigenvalue weighted by molar-refractivity contribution is 7.91. The van der Waals surface area contributed by atoms with Gasteiger partial charge in [0.1, 0.15) is 5.82 Å². The lowest BCUT2D eigenvalue weighted by atomic mass is 10.2. The first-order valence-corrected chi connectivity index (χ1v) is 7.80. The van der Waals surface area contributed by atoms with Gasteiger partial charge in [-0.15, -0.1) is 0 Å². The van der Waals surface area contributed by atoms with E-state index in [0.717, 1.165) is 0 Å². The number of aromatic amines is 1. The summed E-state index contributed by atoms with van der Waals surface area (Å²) in [5.41, 5.74) is 0.713. The molecule has 2 N–H and O–H groups in total. The standard InChI is InChI=1S/C13H12N4O3S/c18-13-6-7-14-12-8-11(15-17(12)13)16-21(19,20)9-10-4-2-1-3-5-10/h1-8,15-16H,9H2. The summed E-state index contributed by atoms with van der Waals surface area (Å²) in [6, 6.07) is 11.6. The van der Waals surface area contributed by atoms with Crippen molar-refractivity contribution in [3.63, 3.8) is 0 Å². The highest BCUT2D eigenvalue weighted by Gasteiger charge is 2.13. The van der Waals surface area contributed by atoms with Crippen LogP contribution in [0.15, 0.2) is 53.5 Å². The molecule has 21 heavy (non-hydrogen) atoms. The lowest BCUT2D eigenvalue weighted by Crippen LogP contribution is -2.16. The molecule has 1 aromatic carbocycles. The summed E-state index contributed by atoms with van der Waals surface area (Å²) in [7, 11) is -3.57. The number of rotatable bonds is 4. The Morgan fingerprint density at radius 3 is 2.67 bits per heavy atom. The zero-order valence-corrected chi connectivity index (χ0v) is 11.7. The molecule has 0 aliphatic carbocycles. The molecule has 0 radical (unpaired) electrons. The number of benzene rings is 1. The molecule has 3 rings (SSSR count). The van der Waals surface area contributed by atoms with Gasteiger partial charge < -0.3 is 0 Å². The maximum absolute atomic E-state index is 12.1. The van der Waals surface area contributed by atoms with E-state index in [1.165, 1.54) is 22.8 Å². The minimum absolute atomic E-state index is 0.147. The van der Waals surface area contributed by atoms with Crippen LogP contribution >= 0.6 is 0 Å². The number of fused-ring (bicyclic) bond motifs is 1. The molecule has 108 valence electrons. The largest absolute Gasteiger partial charge is 0.274 e. The quantitative estimate of drug-likeness (QED) is 0.750. The lowest BCUT2D eigenvalue weighted by molar-refractivity contribution is 0.600. The second-order valence-corrected chi connectivity index (χ2v) is 6.22. The molecule has 0 aliphatic rings. The molecule has 0 amide bonds. The summed E-state index contributed by atoms with van der Waals surface area (Å²) in [5.74, 6) is 0.0488. The van der Waals surface area contributed by atoms with Crippen molar-refractivity contribution in [3.8, 4) is 0 Å². The van der Waals surface area contributed by atoms with Crippen molar-refractivity contribution in [1.82, 2.24) is 14.6 Å². The molecule has 0 bridgehead atoms. The zero-order chi connectivity index (χ0) is 14.9. The van der Waals surface area contributed by atoms with Crippen LogP contribution in [-0.2, 0) is 15.8 Å². The van der Waals surface area contributed by atoms with Crippen LogP contribution in [0, 0.1) is 0 Å². The highest BCUT2D eigenvalue weighted by atomic mass is 32.2. The van der Waals surface area contributed by atoms with Crippen molar-refractivity contribution in [2.45, 2.75) is 5.75 Å². The van der Waals surface area contributed by atoms with E-state index >= 15 is 0 Å². The summed E-state index contributed by atoms with van der Waals surface area (Å²) in [6.07, 6.45) is 1.37. The van der Waals surface area contributed by atoms with Crippen LogP contribution in [-0.4, -0.2) is 23.0 Å². The van der Waals surface area contributed by atoms with Crippen molar-refractivity contribution in [2.24, 2.45) is 0 Å². The van der Waals surface area contributed by atoms with Gasteiger partial charge in [-0.1, -0.05) is 30.3 Å². The van der Waals surface area contributed by atoms with Gasteiger partial charge >= 0.3 is 0 Å². The molecular weight excluding hydrogens is 292 g/mol. The van der Waals surface area contributed by atoms with Crippen LogP contribution < -0.4 is 10.3 Å². The fourth-order valence-electron chi connectivity index (χ4n) is 1.97. The molecule has 0 aliphatic heterocycles. The summed E-state index contributed by atoms with van der Waals surface area (Å²) in [4.78, 5) is 15.5. The van der Waals surface area contributed by atoms with E-state index < -0.39 is 10.0 Å². The molecule has 2 heterocycles.